The fourth-order valence-corrected chi connectivity index (χ4v) is 2.42. The average molecular weight is 254 g/mol. The molecule has 5 heteroatoms. The molecule has 1 aromatic heterocycles. The van der Waals surface area contributed by atoms with Gasteiger partial charge in [0.1, 0.15) is 11.6 Å². The fraction of sp³-hybridized carbons (Fsp3) is 0.250. The van der Waals surface area contributed by atoms with E-state index in [2.05, 4.69) is 10.3 Å². The van der Waals surface area contributed by atoms with Crippen molar-refractivity contribution in [2.75, 3.05) is 13.6 Å². The lowest BCUT2D eigenvalue weighted by molar-refractivity contribution is 0.586. The van der Waals surface area contributed by atoms with E-state index in [4.69, 9.17) is 0 Å². The van der Waals surface area contributed by atoms with Crippen LogP contribution in [-0.4, -0.2) is 18.6 Å². The highest BCUT2D eigenvalue weighted by Crippen LogP contribution is 2.28. The lowest BCUT2D eigenvalue weighted by atomic mass is 10.2. The van der Waals surface area contributed by atoms with E-state index < -0.39 is 11.6 Å². The molecule has 2 nitrogen and oxygen atoms in total. The minimum atomic E-state index is -0.564. The Labute approximate surface area is 102 Å². The van der Waals surface area contributed by atoms with Gasteiger partial charge < -0.3 is 5.32 Å². The van der Waals surface area contributed by atoms with Gasteiger partial charge in [-0.2, -0.15) is 0 Å². The minimum Gasteiger partial charge on any atom is -0.319 e. The van der Waals surface area contributed by atoms with Crippen molar-refractivity contribution in [1.82, 2.24) is 10.3 Å². The third-order valence-corrected chi connectivity index (χ3v) is 3.43. The smallest absolute Gasteiger partial charge is 0.134 e. The molecule has 2 aromatic rings. The number of nitrogens with one attached hydrogen (secondary N) is 1. The molecule has 0 amide bonds. The molecule has 0 saturated heterocycles. The number of thiazole rings is 1. The molecular weight excluding hydrogens is 242 g/mol. The molecule has 1 N–H and O–H groups in total. The maximum absolute atomic E-state index is 13.5. The molecule has 2 rings (SSSR count). The second-order valence-corrected chi connectivity index (χ2v) is 4.71. The van der Waals surface area contributed by atoms with Crippen LogP contribution in [0.2, 0.25) is 0 Å². The first-order chi connectivity index (χ1) is 8.20. The predicted octanol–water partition coefficient (Wildman–Crippen LogP) is 2.85. The average Bonchev–Trinajstić information content (AvgIpc) is 2.75. The van der Waals surface area contributed by atoms with E-state index in [0.29, 0.717) is 5.56 Å². The molecule has 0 unspecified atom stereocenters. The largest absolute Gasteiger partial charge is 0.319 e. The van der Waals surface area contributed by atoms with E-state index in [9.17, 15) is 8.78 Å². The Morgan fingerprint density at radius 1 is 1.35 bits per heavy atom. The van der Waals surface area contributed by atoms with Crippen molar-refractivity contribution in [2.45, 2.75) is 6.42 Å². The molecular formula is C12H12F2N2S. The van der Waals surface area contributed by atoms with Crippen LogP contribution < -0.4 is 5.32 Å². The second kappa shape index (κ2) is 5.33. The molecule has 0 aliphatic heterocycles. The van der Waals surface area contributed by atoms with Crippen LogP contribution in [0, 0.1) is 11.6 Å². The molecule has 90 valence electrons. The van der Waals surface area contributed by atoms with E-state index >= 15 is 0 Å². The van der Waals surface area contributed by atoms with Gasteiger partial charge in [-0.25, -0.2) is 13.8 Å². The number of aromatic nitrogens is 1. The van der Waals surface area contributed by atoms with Gasteiger partial charge in [-0.3, -0.25) is 0 Å². The van der Waals surface area contributed by atoms with Gasteiger partial charge in [-0.05, 0) is 19.2 Å². The van der Waals surface area contributed by atoms with Crippen LogP contribution in [0.3, 0.4) is 0 Å². The Bertz CT molecular complexity index is 511. The van der Waals surface area contributed by atoms with Gasteiger partial charge in [-0.15, -0.1) is 11.3 Å². The van der Waals surface area contributed by atoms with Gasteiger partial charge in [0, 0.05) is 30.8 Å². The van der Waals surface area contributed by atoms with Crippen molar-refractivity contribution >= 4 is 11.3 Å². The molecule has 1 heterocycles. The number of likely N-dealkylation sites (N-methyl/N-ethyl adjacent to an activating group) is 1. The fourth-order valence-electron chi connectivity index (χ4n) is 1.47. The van der Waals surface area contributed by atoms with Gasteiger partial charge in [0.25, 0.3) is 0 Å². The molecule has 0 bridgehead atoms. The maximum Gasteiger partial charge on any atom is 0.134 e. The van der Waals surface area contributed by atoms with Crippen LogP contribution in [0.1, 0.15) is 5.01 Å². The topological polar surface area (TPSA) is 24.9 Å². The van der Waals surface area contributed by atoms with E-state index in [1.165, 1.54) is 23.5 Å². The highest BCUT2D eigenvalue weighted by molar-refractivity contribution is 7.15. The number of rotatable bonds is 4. The highest BCUT2D eigenvalue weighted by atomic mass is 32.1. The molecule has 17 heavy (non-hydrogen) atoms. The van der Waals surface area contributed by atoms with Crippen molar-refractivity contribution < 1.29 is 8.78 Å². The monoisotopic (exact) mass is 254 g/mol. The molecule has 0 aliphatic carbocycles. The maximum atomic E-state index is 13.5. The van der Waals surface area contributed by atoms with Gasteiger partial charge in [0.05, 0.1) is 9.88 Å². The summed E-state index contributed by atoms with van der Waals surface area (Å²) < 4.78 is 26.3. The first-order valence-electron chi connectivity index (χ1n) is 5.25. The van der Waals surface area contributed by atoms with Crippen LogP contribution in [0.15, 0.2) is 24.4 Å². The normalized spacial score (nSPS) is 10.8. The van der Waals surface area contributed by atoms with E-state index in [0.717, 1.165) is 28.9 Å². The number of benzene rings is 1. The first kappa shape index (κ1) is 12.1. The number of hydrogen-bond donors (Lipinski definition) is 1. The summed E-state index contributed by atoms with van der Waals surface area (Å²) in [5.74, 6) is -1.11. The van der Waals surface area contributed by atoms with Gasteiger partial charge in [0.15, 0.2) is 0 Å². The summed E-state index contributed by atoms with van der Waals surface area (Å²) in [6, 6.07) is 3.59. The van der Waals surface area contributed by atoms with Crippen LogP contribution >= 0.6 is 11.3 Å². The summed E-state index contributed by atoms with van der Waals surface area (Å²) in [5.41, 5.74) is 0.402. The van der Waals surface area contributed by atoms with Gasteiger partial charge >= 0.3 is 0 Å². The third-order valence-electron chi connectivity index (χ3n) is 2.34. The standard InChI is InChI=1S/C12H12F2N2S/c1-15-5-4-12-16-7-11(17-12)9-3-2-8(13)6-10(9)14/h2-3,6-7,15H,4-5H2,1H3. The van der Waals surface area contributed by atoms with Crippen LogP contribution in [0.5, 0.6) is 0 Å². The second-order valence-electron chi connectivity index (χ2n) is 3.60. The highest BCUT2D eigenvalue weighted by Gasteiger charge is 2.09. The summed E-state index contributed by atoms with van der Waals surface area (Å²) in [5, 5.41) is 3.97. The Morgan fingerprint density at radius 3 is 2.88 bits per heavy atom. The molecule has 0 saturated carbocycles. The van der Waals surface area contributed by atoms with Gasteiger partial charge in [0.2, 0.25) is 0 Å². The summed E-state index contributed by atoms with van der Waals surface area (Å²) in [6.45, 7) is 0.832. The zero-order chi connectivity index (χ0) is 12.3. The van der Waals surface area contributed by atoms with Gasteiger partial charge in [-0.1, -0.05) is 0 Å². The molecule has 0 atom stereocenters. The van der Waals surface area contributed by atoms with Crippen LogP contribution in [0.4, 0.5) is 8.78 Å². The minimum absolute atomic E-state index is 0.402. The molecule has 0 radical (unpaired) electrons. The van der Waals surface area contributed by atoms with Crippen molar-refractivity contribution in [3.05, 3.63) is 41.0 Å². The zero-order valence-electron chi connectivity index (χ0n) is 9.34. The Hall–Kier alpha value is -1.33. The summed E-state index contributed by atoms with van der Waals surface area (Å²) in [6.07, 6.45) is 2.44. The molecule has 0 fully saturated rings. The predicted molar refractivity (Wildman–Crippen MR) is 65.1 cm³/mol. The lowest BCUT2D eigenvalue weighted by Gasteiger charge is -1.98. The Kier molecular flexibility index (Phi) is 3.81. The van der Waals surface area contributed by atoms with E-state index in [1.54, 1.807) is 6.20 Å². The number of hydrogen-bond acceptors (Lipinski definition) is 3. The van der Waals surface area contributed by atoms with Crippen LogP contribution in [-0.2, 0) is 6.42 Å². The quantitative estimate of drug-likeness (QED) is 0.907. The zero-order valence-corrected chi connectivity index (χ0v) is 10.2. The van der Waals surface area contributed by atoms with Crippen molar-refractivity contribution in [3.8, 4) is 10.4 Å². The SMILES string of the molecule is CNCCc1ncc(-c2ccc(F)cc2F)s1. The first-order valence-corrected chi connectivity index (χ1v) is 6.07. The number of nitrogens with zero attached hydrogens (tertiary/aromatic N) is 1. The number of halogens is 2. The van der Waals surface area contributed by atoms with E-state index in [1.807, 2.05) is 7.05 Å². The summed E-state index contributed by atoms with van der Waals surface area (Å²) in [7, 11) is 1.87. The van der Waals surface area contributed by atoms with Crippen molar-refractivity contribution in [1.29, 1.82) is 0 Å². The molecule has 1 aromatic carbocycles. The van der Waals surface area contributed by atoms with Crippen molar-refractivity contribution in [2.24, 2.45) is 0 Å². The molecule has 0 spiro atoms. The van der Waals surface area contributed by atoms with Crippen molar-refractivity contribution in [3.63, 3.8) is 0 Å². The van der Waals surface area contributed by atoms with E-state index in [-0.39, 0.29) is 0 Å². The Balaban J connectivity index is 2.24. The summed E-state index contributed by atoms with van der Waals surface area (Å²) in [4.78, 5) is 4.94. The molecule has 0 aliphatic rings. The van der Waals surface area contributed by atoms with Crippen LogP contribution in [0.25, 0.3) is 10.4 Å². The lowest BCUT2D eigenvalue weighted by Crippen LogP contribution is -2.09. The Morgan fingerprint density at radius 2 is 2.18 bits per heavy atom. The third kappa shape index (κ3) is 2.87. The summed E-state index contributed by atoms with van der Waals surface area (Å²) >= 11 is 1.43.